The van der Waals surface area contributed by atoms with Crippen molar-refractivity contribution < 1.29 is 9.53 Å². The highest BCUT2D eigenvalue weighted by atomic mass is 16.5. The molecule has 0 saturated heterocycles. The Balaban J connectivity index is 1.59. The van der Waals surface area contributed by atoms with Crippen LogP contribution < -0.4 is 15.0 Å². The number of carbonyl (C=O) groups is 1. The third-order valence-electron chi connectivity index (χ3n) is 5.30. The Morgan fingerprint density at radius 1 is 1.21 bits per heavy atom. The molecule has 34 heavy (non-hydrogen) atoms. The standard InChI is InChI=1S/C26H24N6O2/c1-6-7-25(33)32(5)20-9-10-22-21(14-20)26(28-15-27-22)30-19-8-11-23(17(2)12-19)34-24-13-18(3)31(4)16-29-24/h8-16H,3H2,1-2,4-5H3,(H,27,28,30). The third-order valence-corrected chi connectivity index (χ3v) is 5.30. The second kappa shape index (κ2) is 9.46. The fraction of sp³-hybridized carbons (Fsp3) is 0.154. The minimum Gasteiger partial charge on any atom is -0.439 e. The minimum absolute atomic E-state index is 0.285. The number of allylic oxidation sites excluding steroid dienone is 1. The fourth-order valence-electron chi connectivity index (χ4n) is 3.31. The molecule has 0 bridgehead atoms. The van der Waals surface area contributed by atoms with Crippen molar-refractivity contribution in [2.24, 2.45) is 4.99 Å². The molecule has 8 heteroatoms. The quantitative estimate of drug-likeness (QED) is 0.579. The molecule has 2 aromatic carbocycles. The summed E-state index contributed by atoms with van der Waals surface area (Å²) >= 11 is 0. The first-order valence-corrected chi connectivity index (χ1v) is 10.5. The number of rotatable bonds is 5. The van der Waals surface area contributed by atoms with Gasteiger partial charge in [0.2, 0.25) is 5.88 Å². The van der Waals surface area contributed by atoms with Crippen LogP contribution in [0.5, 0.6) is 5.75 Å². The predicted molar refractivity (Wildman–Crippen MR) is 135 cm³/mol. The molecular formula is C26H24N6O2. The van der Waals surface area contributed by atoms with Crippen molar-refractivity contribution in [3.05, 3.63) is 72.5 Å². The van der Waals surface area contributed by atoms with E-state index in [4.69, 9.17) is 4.74 Å². The number of hydrogen-bond acceptors (Lipinski definition) is 7. The Morgan fingerprint density at radius 3 is 2.76 bits per heavy atom. The summed E-state index contributed by atoms with van der Waals surface area (Å²) in [6, 6.07) is 11.3. The van der Waals surface area contributed by atoms with E-state index in [2.05, 4.69) is 38.7 Å². The summed E-state index contributed by atoms with van der Waals surface area (Å²) in [6.07, 6.45) is 4.95. The minimum atomic E-state index is -0.285. The van der Waals surface area contributed by atoms with Gasteiger partial charge in [-0.15, -0.1) is 0 Å². The van der Waals surface area contributed by atoms with Crippen molar-refractivity contribution in [3.8, 4) is 17.6 Å². The predicted octanol–water partition coefficient (Wildman–Crippen LogP) is 4.38. The lowest BCUT2D eigenvalue weighted by Gasteiger charge is -2.19. The average Bonchev–Trinajstić information content (AvgIpc) is 2.83. The van der Waals surface area contributed by atoms with Crippen LogP contribution in [0.2, 0.25) is 0 Å². The first-order valence-electron chi connectivity index (χ1n) is 10.5. The Morgan fingerprint density at radius 2 is 2.03 bits per heavy atom. The number of hydrogen-bond donors (Lipinski definition) is 1. The number of likely N-dealkylation sites (N-methyl/N-ethyl adjacent to an activating group) is 1. The summed E-state index contributed by atoms with van der Waals surface area (Å²) in [5.41, 5.74) is 4.01. The van der Waals surface area contributed by atoms with Gasteiger partial charge in [0, 0.05) is 42.6 Å². The number of benzene rings is 2. The molecule has 1 N–H and O–H groups in total. The Hall–Kier alpha value is -4.64. The van der Waals surface area contributed by atoms with Crippen molar-refractivity contribution in [3.63, 3.8) is 0 Å². The molecule has 1 aliphatic heterocycles. The lowest BCUT2D eigenvalue weighted by Crippen LogP contribution is -2.24. The van der Waals surface area contributed by atoms with Crippen molar-refractivity contribution in [1.82, 2.24) is 14.9 Å². The van der Waals surface area contributed by atoms with E-state index in [0.29, 0.717) is 23.1 Å². The zero-order chi connectivity index (χ0) is 24.2. The molecule has 2 heterocycles. The molecule has 0 spiro atoms. The van der Waals surface area contributed by atoms with E-state index in [9.17, 15) is 4.79 Å². The van der Waals surface area contributed by atoms with E-state index in [0.717, 1.165) is 27.9 Å². The summed E-state index contributed by atoms with van der Waals surface area (Å²) in [7, 11) is 3.56. The Bertz CT molecular complexity index is 1410. The van der Waals surface area contributed by atoms with Crippen molar-refractivity contribution >= 4 is 40.3 Å². The van der Waals surface area contributed by atoms with Crippen LogP contribution >= 0.6 is 0 Å². The Labute approximate surface area is 198 Å². The lowest BCUT2D eigenvalue weighted by atomic mass is 10.1. The van der Waals surface area contributed by atoms with Crippen LogP contribution in [0.25, 0.3) is 10.9 Å². The molecule has 0 fully saturated rings. The zero-order valence-corrected chi connectivity index (χ0v) is 19.5. The number of carbonyl (C=O) groups excluding carboxylic acids is 1. The van der Waals surface area contributed by atoms with Gasteiger partial charge in [0.15, 0.2) is 0 Å². The molecular weight excluding hydrogens is 428 g/mol. The lowest BCUT2D eigenvalue weighted by molar-refractivity contribution is -0.113. The molecule has 1 aliphatic rings. The first kappa shape index (κ1) is 22.6. The van der Waals surface area contributed by atoms with Crippen LogP contribution in [0, 0.1) is 18.8 Å². The summed E-state index contributed by atoms with van der Waals surface area (Å²) in [6.45, 7) is 7.55. The number of aliphatic imine (C=N–C) groups is 1. The molecule has 170 valence electrons. The molecule has 1 aromatic heterocycles. The number of nitrogens with one attached hydrogen (secondary N) is 1. The van der Waals surface area contributed by atoms with Crippen molar-refractivity contribution in [2.75, 3.05) is 24.3 Å². The average molecular weight is 453 g/mol. The van der Waals surface area contributed by atoms with Gasteiger partial charge < -0.3 is 19.9 Å². The third kappa shape index (κ3) is 4.74. The SMILES string of the molecule is C=C1C=C(Oc2ccc(Nc3ncnc4ccc(N(C)C(=O)C#CC)cc34)cc2C)N=CN1C. The van der Waals surface area contributed by atoms with Gasteiger partial charge in [-0.1, -0.05) is 12.5 Å². The monoisotopic (exact) mass is 452 g/mol. The highest BCUT2D eigenvalue weighted by molar-refractivity contribution is 6.06. The second-order valence-corrected chi connectivity index (χ2v) is 7.70. The van der Waals surface area contributed by atoms with Crippen LogP contribution in [0.4, 0.5) is 17.2 Å². The van der Waals surface area contributed by atoms with Crippen molar-refractivity contribution in [1.29, 1.82) is 0 Å². The van der Waals surface area contributed by atoms with Gasteiger partial charge in [-0.25, -0.2) is 15.0 Å². The maximum atomic E-state index is 12.2. The summed E-state index contributed by atoms with van der Waals surface area (Å²) < 4.78 is 5.94. The number of aryl methyl sites for hydroxylation is 1. The van der Waals surface area contributed by atoms with Gasteiger partial charge in [0.1, 0.15) is 17.9 Å². The molecule has 1 amide bonds. The van der Waals surface area contributed by atoms with E-state index in [1.54, 1.807) is 26.4 Å². The molecule has 0 unspecified atom stereocenters. The summed E-state index contributed by atoms with van der Waals surface area (Å²) in [5, 5.41) is 4.13. The van der Waals surface area contributed by atoms with Gasteiger partial charge in [-0.2, -0.15) is 0 Å². The summed E-state index contributed by atoms with van der Waals surface area (Å²) in [4.78, 5) is 28.5. The summed E-state index contributed by atoms with van der Waals surface area (Å²) in [5.74, 6) is 6.70. The van der Waals surface area contributed by atoms with E-state index in [1.165, 1.54) is 11.2 Å². The normalized spacial score (nSPS) is 12.6. The molecule has 0 atom stereocenters. The van der Waals surface area contributed by atoms with E-state index >= 15 is 0 Å². The molecule has 3 aromatic rings. The van der Waals surface area contributed by atoms with Crippen LogP contribution in [0.1, 0.15) is 12.5 Å². The molecule has 0 aliphatic carbocycles. The van der Waals surface area contributed by atoms with Crippen molar-refractivity contribution in [2.45, 2.75) is 13.8 Å². The Kier molecular flexibility index (Phi) is 6.28. The van der Waals surface area contributed by atoms with Crippen LogP contribution in [0.15, 0.2) is 72.0 Å². The van der Waals surface area contributed by atoms with E-state index in [-0.39, 0.29) is 5.91 Å². The largest absolute Gasteiger partial charge is 0.439 e. The van der Waals surface area contributed by atoms with Gasteiger partial charge in [-0.05, 0) is 61.7 Å². The molecule has 0 radical (unpaired) electrons. The van der Waals surface area contributed by atoms with Crippen LogP contribution in [0.3, 0.4) is 0 Å². The number of amides is 1. The first-order chi connectivity index (χ1) is 16.4. The zero-order valence-electron chi connectivity index (χ0n) is 19.5. The molecule has 4 rings (SSSR count). The van der Waals surface area contributed by atoms with E-state index < -0.39 is 0 Å². The number of fused-ring (bicyclic) bond motifs is 1. The number of aromatic nitrogens is 2. The van der Waals surface area contributed by atoms with Gasteiger partial charge in [0.05, 0.1) is 11.9 Å². The highest BCUT2D eigenvalue weighted by Crippen LogP contribution is 2.30. The van der Waals surface area contributed by atoms with Crippen LogP contribution in [-0.2, 0) is 4.79 Å². The van der Waals surface area contributed by atoms with Gasteiger partial charge in [-0.3, -0.25) is 4.79 Å². The smallest absolute Gasteiger partial charge is 0.302 e. The fourth-order valence-corrected chi connectivity index (χ4v) is 3.31. The highest BCUT2D eigenvalue weighted by Gasteiger charge is 2.13. The van der Waals surface area contributed by atoms with Gasteiger partial charge >= 0.3 is 5.91 Å². The van der Waals surface area contributed by atoms with E-state index in [1.807, 2.05) is 55.3 Å². The molecule has 0 saturated carbocycles. The van der Waals surface area contributed by atoms with Crippen LogP contribution in [-0.4, -0.2) is 41.2 Å². The topological polar surface area (TPSA) is 82.9 Å². The molecule has 8 nitrogen and oxygen atoms in total. The number of ether oxygens (including phenoxy) is 1. The number of nitrogens with zero attached hydrogens (tertiary/aromatic N) is 5. The maximum Gasteiger partial charge on any atom is 0.302 e. The van der Waals surface area contributed by atoms with Gasteiger partial charge in [0.25, 0.3) is 0 Å². The number of anilines is 3. The maximum absolute atomic E-state index is 12.2. The second-order valence-electron chi connectivity index (χ2n) is 7.70.